The summed E-state index contributed by atoms with van der Waals surface area (Å²) in [6.07, 6.45) is 13.9. The highest BCUT2D eigenvalue weighted by atomic mass is 16.2. The minimum absolute atomic E-state index is 0.0982. The Morgan fingerprint density at radius 2 is 1.68 bits per heavy atom. The fourth-order valence-electron chi connectivity index (χ4n) is 4.07. The van der Waals surface area contributed by atoms with Gasteiger partial charge >= 0.3 is 0 Å². The predicted octanol–water partition coefficient (Wildman–Crippen LogP) is 6.25. The van der Waals surface area contributed by atoms with Crippen LogP contribution in [-0.4, -0.2) is 21.7 Å². The lowest BCUT2D eigenvalue weighted by atomic mass is 10.0. The topological polar surface area (TPSA) is 62.3 Å². The van der Waals surface area contributed by atoms with Crippen molar-refractivity contribution in [3.05, 3.63) is 131 Å². The first-order valence-corrected chi connectivity index (χ1v) is 12.6. The summed E-state index contributed by atoms with van der Waals surface area (Å²) in [5.41, 5.74) is 7.14. The Bertz CT molecular complexity index is 1290. The van der Waals surface area contributed by atoms with Gasteiger partial charge in [0.15, 0.2) is 0 Å². The molecule has 190 valence electrons. The predicted molar refractivity (Wildman–Crippen MR) is 151 cm³/mol. The lowest BCUT2D eigenvalue weighted by Gasteiger charge is -2.16. The van der Waals surface area contributed by atoms with Gasteiger partial charge in [0.1, 0.15) is 0 Å². The van der Waals surface area contributed by atoms with E-state index in [1.807, 2.05) is 50.3 Å². The quantitative estimate of drug-likeness (QED) is 0.321. The van der Waals surface area contributed by atoms with E-state index in [9.17, 15) is 9.59 Å². The van der Waals surface area contributed by atoms with Gasteiger partial charge in [0, 0.05) is 25.1 Å². The van der Waals surface area contributed by atoms with E-state index in [0.29, 0.717) is 25.1 Å². The van der Waals surface area contributed by atoms with Crippen LogP contribution in [0.5, 0.6) is 0 Å². The van der Waals surface area contributed by atoms with E-state index in [1.165, 1.54) is 17.2 Å². The summed E-state index contributed by atoms with van der Waals surface area (Å²) in [6, 6.07) is 16.3. The van der Waals surface area contributed by atoms with Gasteiger partial charge in [0.05, 0.1) is 12.1 Å². The molecule has 0 aliphatic rings. The first kappa shape index (κ1) is 27.3. The third kappa shape index (κ3) is 7.87. The van der Waals surface area contributed by atoms with Gasteiger partial charge in [-0.25, -0.2) is 0 Å². The summed E-state index contributed by atoms with van der Waals surface area (Å²) in [5.74, 6) is -0.244. The molecular formula is C32H35N3O2. The van der Waals surface area contributed by atoms with Crippen LogP contribution in [0.2, 0.25) is 0 Å². The fraction of sp³-hybridized carbons (Fsp3) is 0.219. The lowest BCUT2D eigenvalue weighted by molar-refractivity contribution is -0.124. The van der Waals surface area contributed by atoms with Crippen molar-refractivity contribution in [2.24, 2.45) is 0 Å². The van der Waals surface area contributed by atoms with Crippen LogP contribution in [0.15, 0.2) is 91.9 Å². The van der Waals surface area contributed by atoms with Gasteiger partial charge in [-0.05, 0) is 78.3 Å². The molecular weight excluding hydrogens is 458 g/mol. The molecule has 0 unspecified atom stereocenters. The number of aryl methyl sites for hydroxylation is 1. The molecule has 0 aliphatic carbocycles. The second-order valence-corrected chi connectivity index (χ2v) is 8.79. The van der Waals surface area contributed by atoms with E-state index in [-0.39, 0.29) is 11.8 Å². The average molecular weight is 494 g/mol. The fourth-order valence-corrected chi connectivity index (χ4v) is 4.07. The number of nitrogens with zero attached hydrogens (tertiary/aromatic N) is 2. The molecule has 1 aromatic heterocycles. The number of aromatic nitrogens is 1. The Morgan fingerprint density at radius 3 is 2.35 bits per heavy atom. The Hall–Kier alpha value is -4.25. The zero-order valence-corrected chi connectivity index (χ0v) is 21.9. The Balaban J connectivity index is 1.62. The molecule has 5 nitrogen and oxygen atoms in total. The summed E-state index contributed by atoms with van der Waals surface area (Å²) in [4.78, 5) is 30.8. The number of allylic oxidation sites excluding steroid dienone is 2. The van der Waals surface area contributed by atoms with E-state index in [4.69, 9.17) is 0 Å². The van der Waals surface area contributed by atoms with Crippen LogP contribution in [0, 0.1) is 0 Å². The van der Waals surface area contributed by atoms with E-state index in [0.717, 1.165) is 28.7 Å². The zero-order chi connectivity index (χ0) is 26.6. The minimum Gasteiger partial charge on any atom is -0.348 e. The van der Waals surface area contributed by atoms with Gasteiger partial charge in [-0.2, -0.15) is 0 Å². The SMILES string of the molecule is C=CN(Cc1ccc(Cc2cncc(C(=O)NCc3ccc(CC)c(/C=C\C)c3)c2)cc1)C(=O)/C=C\C. The molecule has 5 heteroatoms. The van der Waals surface area contributed by atoms with Crippen LogP contribution in [0.4, 0.5) is 0 Å². The number of rotatable bonds is 11. The van der Waals surface area contributed by atoms with E-state index < -0.39 is 0 Å². The minimum atomic E-state index is -0.146. The van der Waals surface area contributed by atoms with Crippen molar-refractivity contribution in [3.63, 3.8) is 0 Å². The van der Waals surface area contributed by atoms with Gasteiger partial charge in [0.25, 0.3) is 5.91 Å². The van der Waals surface area contributed by atoms with Gasteiger partial charge in [-0.1, -0.05) is 68.1 Å². The molecule has 3 aromatic rings. The monoisotopic (exact) mass is 493 g/mol. The van der Waals surface area contributed by atoms with Crippen molar-refractivity contribution in [2.45, 2.75) is 46.7 Å². The third-order valence-electron chi connectivity index (χ3n) is 6.04. The number of amides is 2. The molecule has 2 aromatic carbocycles. The summed E-state index contributed by atoms with van der Waals surface area (Å²) >= 11 is 0. The van der Waals surface area contributed by atoms with Crippen LogP contribution in [0.3, 0.4) is 0 Å². The number of carbonyl (C=O) groups excluding carboxylic acids is 2. The number of nitrogens with one attached hydrogen (secondary N) is 1. The Labute approximate surface area is 220 Å². The Morgan fingerprint density at radius 1 is 0.946 bits per heavy atom. The molecule has 0 atom stereocenters. The van der Waals surface area contributed by atoms with Crippen molar-refractivity contribution in [1.82, 2.24) is 15.2 Å². The van der Waals surface area contributed by atoms with Gasteiger partial charge in [-0.15, -0.1) is 0 Å². The van der Waals surface area contributed by atoms with Crippen molar-refractivity contribution >= 4 is 17.9 Å². The Kier molecular flexibility index (Phi) is 10.1. The molecule has 37 heavy (non-hydrogen) atoms. The number of hydrogen-bond acceptors (Lipinski definition) is 3. The van der Waals surface area contributed by atoms with E-state index in [1.54, 1.807) is 29.6 Å². The van der Waals surface area contributed by atoms with E-state index in [2.05, 4.69) is 48.1 Å². The zero-order valence-electron chi connectivity index (χ0n) is 21.9. The second kappa shape index (κ2) is 13.7. The molecule has 1 N–H and O–H groups in total. The summed E-state index contributed by atoms with van der Waals surface area (Å²) in [5, 5.41) is 3.01. The normalized spacial score (nSPS) is 11.1. The molecule has 0 bridgehead atoms. The second-order valence-electron chi connectivity index (χ2n) is 8.79. The molecule has 0 spiro atoms. The maximum Gasteiger partial charge on any atom is 0.253 e. The van der Waals surface area contributed by atoms with Crippen molar-refractivity contribution < 1.29 is 9.59 Å². The highest BCUT2D eigenvalue weighted by molar-refractivity contribution is 5.94. The molecule has 0 aliphatic heterocycles. The lowest BCUT2D eigenvalue weighted by Crippen LogP contribution is -2.23. The number of pyridine rings is 1. The molecule has 1 heterocycles. The first-order chi connectivity index (χ1) is 18.0. The molecule has 0 fully saturated rings. The number of hydrogen-bond donors (Lipinski definition) is 1. The van der Waals surface area contributed by atoms with Crippen molar-refractivity contribution in [3.8, 4) is 0 Å². The maximum absolute atomic E-state index is 12.8. The first-order valence-electron chi connectivity index (χ1n) is 12.6. The van der Waals surface area contributed by atoms with Crippen LogP contribution >= 0.6 is 0 Å². The third-order valence-corrected chi connectivity index (χ3v) is 6.04. The molecule has 0 saturated carbocycles. The molecule has 0 saturated heterocycles. The van der Waals surface area contributed by atoms with Gasteiger partial charge in [-0.3, -0.25) is 14.6 Å². The van der Waals surface area contributed by atoms with Crippen molar-refractivity contribution in [1.29, 1.82) is 0 Å². The van der Waals surface area contributed by atoms with E-state index >= 15 is 0 Å². The van der Waals surface area contributed by atoms with Crippen LogP contribution in [-0.2, 0) is 30.7 Å². The van der Waals surface area contributed by atoms with Crippen LogP contribution < -0.4 is 5.32 Å². The number of carbonyl (C=O) groups is 2. The maximum atomic E-state index is 12.8. The standard InChI is InChI=1S/C32H35N3O2/c1-5-9-29-18-26(15-16-28(29)7-3)21-34-32(37)30-19-27(20-33-22-30)17-24-11-13-25(14-12-24)23-35(8-4)31(36)10-6-2/h5-6,8-16,18-20,22H,4,7,17,21,23H2,1-3H3,(H,34,37)/b9-5-,10-6-. The van der Waals surface area contributed by atoms with Gasteiger partial charge in [0.2, 0.25) is 5.91 Å². The average Bonchev–Trinajstić information content (AvgIpc) is 2.92. The highest BCUT2D eigenvalue weighted by Gasteiger charge is 2.10. The smallest absolute Gasteiger partial charge is 0.253 e. The highest BCUT2D eigenvalue weighted by Crippen LogP contribution is 2.16. The molecule has 3 rings (SSSR count). The van der Waals surface area contributed by atoms with Crippen LogP contribution in [0.25, 0.3) is 6.08 Å². The largest absolute Gasteiger partial charge is 0.348 e. The van der Waals surface area contributed by atoms with Crippen LogP contribution in [0.1, 0.15) is 64.5 Å². The summed E-state index contributed by atoms with van der Waals surface area (Å²) < 4.78 is 0. The molecule has 2 amide bonds. The number of benzene rings is 2. The molecule has 0 radical (unpaired) electrons. The summed E-state index contributed by atoms with van der Waals surface area (Å²) in [7, 11) is 0. The van der Waals surface area contributed by atoms with Gasteiger partial charge < -0.3 is 10.2 Å². The van der Waals surface area contributed by atoms with Crippen molar-refractivity contribution in [2.75, 3.05) is 0 Å². The summed E-state index contributed by atoms with van der Waals surface area (Å²) in [6.45, 7) is 10.6.